The van der Waals surface area contributed by atoms with Gasteiger partial charge in [-0.2, -0.15) is 0 Å². The van der Waals surface area contributed by atoms with Crippen molar-refractivity contribution >= 4 is 22.8 Å². The van der Waals surface area contributed by atoms with Gasteiger partial charge in [-0.25, -0.2) is 9.00 Å². The summed E-state index contributed by atoms with van der Waals surface area (Å²) in [6.45, 7) is 3.41. The first-order chi connectivity index (χ1) is 11.6. The Balaban J connectivity index is 0.00000225. The lowest BCUT2D eigenvalue weighted by Gasteiger charge is -2.16. The summed E-state index contributed by atoms with van der Waals surface area (Å²) in [7, 11) is 1.78. The van der Waals surface area contributed by atoms with Crippen LogP contribution in [-0.4, -0.2) is 40.8 Å². The van der Waals surface area contributed by atoms with E-state index in [1.807, 2.05) is 31.2 Å². The van der Waals surface area contributed by atoms with Crippen LogP contribution < -0.4 is 9.08 Å². The molecule has 0 saturated carbocycles. The summed E-state index contributed by atoms with van der Waals surface area (Å²) >= 11 is -1.59. The third-order valence-electron chi connectivity index (χ3n) is 4.08. The molecule has 1 fully saturated rings. The largest absolute Gasteiger partial charge is 0.412 e. The molecule has 0 bridgehead atoms. The molecule has 1 atom stereocenters. The van der Waals surface area contributed by atoms with E-state index >= 15 is 0 Å². The summed E-state index contributed by atoms with van der Waals surface area (Å²) < 4.78 is 18.0. The summed E-state index contributed by atoms with van der Waals surface area (Å²) in [6, 6.07) is 14.7. The van der Waals surface area contributed by atoms with Crippen LogP contribution in [0.4, 0.5) is 10.5 Å². The third kappa shape index (κ3) is 4.00. The molecule has 3 rings (SSSR count). The maximum absolute atomic E-state index is 12.4. The van der Waals surface area contributed by atoms with E-state index in [0.29, 0.717) is 23.7 Å². The van der Waals surface area contributed by atoms with Crippen molar-refractivity contribution in [3.05, 3.63) is 54.1 Å². The van der Waals surface area contributed by atoms with Gasteiger partial charge < -0.3 is 14.6 Å². The quantitative estimate of drug-likeness (QED) is 0.819. The number of hydrogen-bond acceptors (Lipinski definition) is 3. The molecule has 1 aliphatic heterocycles. The molecule has 1 heterocycles. The van der Waals surface area contributed by atoms with Gasteiger partial charge >= 0.3 is 6.03 Å². The van der Waals surface area contributed by atoms with Gasteiger partial charge in [0.2, 0.25) is 11.1 Å². The van der Waals surface area contributed by atoms with E-state index in [0.717, 1.165) is 17.7 Å². The number of anilines is 1. The Morgan fingerprint density at radius 3 is 2.36 bits per heavy atom. The molecule has 7 heteroatoms. The van der Waals surface area contributed by atoms with Crippen LogP contribution in [0.15, 0.2) is 53.4 Å². The second kappa shape index (κ2) is 8.13. The van der Waals surface area contributed by atoms with Crippen molar-refractivity contribution < 1.29 is 18.7 Å². The predicted octanol–water partition coefficient (Wildman–Crippen LogP) is 2.40. The van der Waals surface area contributed by atoms with Gasteiger partial charge in [0.05, 0.1) is 4.90 Å². The molecular weight excluding hydrogens is 340 g/mol. The van der Waals surface area contributed by atoms with E-state index in [-0.39, 0.29) is 11.5 Å². The molecule has 1 saturated heterocycles. The summed E-state index contributed by atoms with van der Waals surface area (Å²) in [6.07, 6.45) is 0.816. The number of urea groups is 1. The molecule has 0 aliphatic carbocycles. The highest BCUT2D eigenvalue weighted by Crippen LogP contribution is 2.24. The number of aryl methyl sites for hydroxylation is 1. The van der Waals surface area contributed by atoms with Crippen molar-refractivity contribution in [2.45, 2.75) is 18.2 Å². The molecular formula is C18H22N2O4S. The van der Waals surface area contributed by atoms with Gasteiger partial charge in [-0.15, -0.1) is 0 Å². The molecule has 2 N–H and O–H groups in total. The zero-order valence-electron chi connectivity index (χ0n) is 14.3. The SMILES string of the molecule is CCc1ccccc1OS(=O)c1ccc(N2CCN(C)C2=O)cc1.O. The fraction of sp³-hybridized carbons (Fsp3) is 0.278. The number of likely N-dealkylation sites (N-methyl/N-ethyl adjacent to an activating group) is 1. The lowest BCUT2D eigenvalue weighted by Crippen LogP contribution is -2.29. The van der Waals surface area contributed by atoms with Crippen LogP contribution in [0.5, 0.6) is 5.75 Å². The number of amides is 2. The first kappa shape index (κ1) is 19.0. The van der Waals surface area contributed by atoms with Crippen LogP contribution in [-0.2, 0) is 17.5 Å². The Bertz CT molecular complexity index is 764. The molecule has 1 unspecified atom stereocenters. The van der Waals surface area contributed by atoms with Gasteiger partial charge in [-0.3, -0.25) is 4.90 Å². The maximum atomic E-state index is 12.4. The van der Waals surface area contributed by atoms with Crippen LogP contribution in [0, 0.1) is 0 Å². The van der Waals surface area contributed by atoms with Crippen molar-refractivity contribution in [2.75, 3.05) is 25.0 Å². The molecule has 1 aliphatic rings. The monoisotopic (exact) mass is 362 g/mol. The van der Waals surface area contributed by atoms with Crippen molar-refractivity contribution in [1.82, 2.24) is 4.90 Å². The topological polar surface area (TPSA) is 81.3 Å². The van der Waals surface area contributed by atoms with Crippen LogP contribution in [0.2, 0.25) is 0 Å². The Morgan fingerprint density at radius 2 is 1.76 bits per heavy atom. The van der Waals surface area contributed by atoms with Crippen molar-refractivity contribution in [2.24, 2.45) is 0 Å². The minimum absolute atomic E-state index is 0. The van der Waals surface area contributed by atoms with Gasteiger partial charge in [0, 0.05) is 25.8 Å². The zero-order valence-corrected chi connectivity index (χ0v) is 15.1. The summed E-state index contributed by atoms with van der Waals surface area (Å²) in [5.41, 5.74) is 1.83. The Hall–Kier alpha value is -2.38. The summed E-state index contributed by atoms with van der Waals surface area (Å²) in [5.74, 6) is 0.638. The first-order valence-corrected chi connectivity index (χ1v) is 8.98. The van der Waals surface area contributed by atoms with E-state index in [9.17, 15) is 9.00 Å². The van der Waals surface area contributed by atoms with Crippen LogP contribution in [0.1, 0.15) is 12.5 Å². The van der Waals surface area contributed by atoms with E-state index < -0.39 is 11.1 Å². The Kier molecular flexibility index (Phi) is 6.17. The number of carbonyl (C=O) groups excluding carboxylic acids is 1. The summed E-state index contributed by atoms with van der Waals surface area (Å²) in [4.78, 5) is 16.0. The molecule has 2 amide bonds. The van der Waals surface area contributed by atoms with Gasteiger partial charge in [-0.1, -0.05) is 25.1 Å². The number of hydrogen-bond donors (Lipinski definition) is 0. The summed E-state index contributed by atoms with van der Waals surface area (Å²) in [5, 5.41) is 0. The van der Waals surface area contributed by atoms with Crippen LogP contribution in [0.25, 0.3) is 0 Å². The Labute approximate surface area is 150 Å². The van der Waals surface area contributed by atoms with Crippen LogP contribution in [0.3, 0.4) is 0 Å². The number of rotatable bonds is 5. The molecule has 134 valence electrons. The van der Waals surface area contributed by atoms with Crippen LogP contribution >= 0.6 is 0 Å². The van der Waals surface area contributed by atoms with E-state index in [1.54, 1.807) is 41.1 Å². The first-order valence-electron chi connectivity index (χ1n) is 7.91. The molecule has 25 heavy (non-hydrogen) atoms. The lowest BCUT2D eigenvalue weighted by molar-refractivity contribution is 0.229. The normalized spacial score (nSPS) is 15.0. The van der Waals surface area contributed by atoms with Crippen molar-refractivity contribution in [3.8, 4) is 5.75 Å². The predicted molar refractivity (Wildman–Crippen MR) is 98.3 cm³/mol. The second-order valence-corrected chi connectivity index (χ2v) is 6.74. The number of nitrogens with zero attached hydrogens (tertiary/aromatic N) is 2. The molecule has 0 spiro atoms. The molecule has 2 aromatic carbocycles. The van der Waals surface area contributed by atoms with Crippen molar-refractivity contribution in [3.63, 3.8) is 0 Å². The number of para-hydroxylation sites is 1. The fourth-order valence-electron chi connectivity index (χ4n) is 2.63. The molecule has 0 aromatic heterocycles. The number of carbonyl (C=O) groups is 1. The van der Waals surface area contributed by atoms with Gasteiger partial charge in [-0.05, 0) is 42.3 Å². The standard InChI is InChI=1S/C18H20N2O3S.H2O/c1-3-14-6-4-5-7-17(14)23-24(22)16-10-8-15(9-11-16)20-13-12-19(2)18(20)21;/h4-11H,3,12-13H2,1-2H3;1H2. The average Bonchev–Trinajstić information content (AvgIpc) is 2.94. The maximum Gasteiger partial charge on any atom is 0.324 e. The van der Waals surface area contributed by atoms with E-state index in [1.165, 1.54) is 0 Å². The van der Waals surface area contributed by atoms with E-state index in [4.69, 9.17) is 4.18 Å². The average molecular weight is 362 g/mol. The zero-order chi connectivity index (χ0) is 17.1. The minimum Gasteiger partial charge on any atom is -0.412 e. The highest BCUT2D eigenvalue weighted by atomic mass is 32.2. The van der Waals surface area contributed by atoms with E-state index in [2.05, 4.69) is 0 Å². The number of benzene rings is 2. The minimum atomic E-state index is -1.59. The molecule has 6 nitrogen and oxygen atoms in total. The van der Waals surface area contributed by atoms with Crippen molar-refractivity contribution in [1.29, 1.82) is 0 Å². The van der Waals surface area contributed by atoms with Gasteiger partial charge in [0.15, 0.2) is 0 Å². The second-order valence-electron chi connectivity index (χ2n) is 5.63. The highest BCUT2D eigenvalue weighted by Gasteiger charge is 2.26. The Morgan fingerprint density at radius 1 is 1.08 bits per heavy atom. The fourth-order valence-corrected chi connectivity index (χ4v) is 3.41. The smallest absolute Gasteiger partial charge is 0.324 e. The molecule has 2 aromatic rings. The highest BCUT2D eigenvalue weighted by molar-refractivity contribution is 7.80. The molecule has 0 radical (unpaired) electrons. The lowest BCUT2D eigenvalue weighted by atomic mass is 10.1. The third-order valence-corrected chi connectivity index (χ3v) is 5.06. The van der Waals surface area contributed by atoms with Gasteiger partial charge in [0.1, 0.15) is 5.75 Å². The van der Waals surface area contributed by atoms with Gasteiger partial charge in [0.25, 0.3) is 0 Å².